The highest BCUT2D eigenvalue weighted by atomic mass is 32.2. The number of thioether (sulfide) groups is 1. The molecule has 0 spiro atoms. The molecule has 15 heavy (non-hydrogen) atoms. The van der Waals surface area contributed by atoms with Crippen LogP contribution in [0.5, 0.6) is 0 Å². The maximum atomic E-state index is 2.39. The molecule has 0 saturated carbocycles. The van der Waals surface area contributed by atoms with E-state index in [0.717, 1.165) is 5.66 Å². The van der Waals surface area contributed by atoms with E-state index in [2.05, 4.69) is 52.1 Å². The molecule has 1 rings (SSSR count). The molecular weight excluding hydrogens is 219 g/mol. The summed E-state index contributed by atoms with van der Waals surface area (Å²) in [5.41, 5.74) is 2.23. The molecule has 0 heterocycles. The van der Waals surface area contributed by atoms with Crippen molar-refractivity contribution >= 4 is 25.0 Å². The summed E-state index contributed by atoms with van der Waals surface area (Å²) in [4.78, 5) is 1.41. The average molecular weight is 240 g/mol. The van der Waals surface area contributed by atoms with Gasteiger partial charge in [-0.3, -0.25) is 0 Å². The molecule has 0 aliphatic rings. The van der Waals surface area contributed by atoms with Crippen LogP contribution in [0, 0.1) is 6.92 Å². The summed E-state index contributed by atoms with van der Waals surface area (Å²) in [6, 6.07) is 7.00. The lowest BCUT2D eigenvalue weighted by molar-refractivity contribution is 1.09. The van der Waals surface area contributed by atoms with Crippen LogP contribution in [0.15, 0.2) is 23.1 Å². The van der Waals surface area contributed by atoms with Crippen molar-refractivity contribution < 1.29 is 0 Å². The summed E-state index contributed by atoms with van der Waals surface area (Å²) in [5, 5.41) is 1.57. The third-order valence-electron chi connectivity index (χ3n) is 2.67. The van der Waals surface area contributed by atoms with Gasteiger partial charge >= 0.3 is 0 Å². The molecule has 2 heteroatoms. The van der Waals surface area contributed by atoms with Gasteiger partial charge in [0, 0.05) is 4.90 Å². The first kappa shape index (κ1) is 13.1. The van der Waals surface area contributed by atoms with E-state index in [1.807, 2.05) is 11.8 Å². The van der Waals surface area contributed by atoms with Gasteiger partial charge in [0.25, 0.3) is 0 Å². The van der Waals surface area contributed by atoms with Gasteiger partial charge in [-0.25, -0.2) is 0 Å². The number of aryl methyl sites for hydroxylation is 1. The fraction of sp³-hybridized carbons (Fsp3) is 0.538. The predicted octanol–water partition coefficient (Wildman–Crippen LogP) is 4.25. The van der Waals surface area contributed by atoms with Crippen LogP contribution in [0.25, 0.3) is 0 Å². The maximum absolute atomic E-state index is 2.39. The highest BCUT2D eigenvalue weighted by Gasteiger charge is 2.13. The monoisotopic (exact) mass is 240 g/mol. The maximum Gasteiger partial charge on any atom is 0.00988 e. The first-order chi connectivity index (χ1) is 7.10. The highest BCUT2D eigenvalue weighted by molar-refractivity contribution is 7.98. The van der Waals surface area contributed by atoms with E-state index in [-0.39, 0.29) is 7.92 Å². The van der Waals surface area contributed by atoms with Gasteiger partial charge < -0.3 is 0 Å². The Hall–Kier alpha value is -0.0000000000000000555. The summed E-state index contributed by atoms with van der Waals surface area (Å²) in [6.45, 7) is 9.21. The van der Waals surface area contributed by atoms with E-state index in [4.69, 9.17) is 0 Å². The highest BCUT2D eigenvalue weighted by Crippen LogP contribution is 2.40. The standard InChI is InChI=1S/C13H21PS/c1-6-14(10(2)3)12-7-8-13(15-5)11(4)9-12/h7-10H,6H2,1-5H3. The number of hydrogen-bond acceptors (Lipinski definition) is 1. The number of rotatable bonds is 4. The molecule has 84 valence electrons. The van der Waals surface area contributed by atoms with Crippen LogP contribution in [-0.4, -0.2) is 18.1 Å². The molecule has 0 aliphatic carbocycles. The lowest BCUT2D eigenvalue weighted by Gasteiger charge is -2.21. The van der Waals surface area contributed by atoms with E-state index in [0.29, 0.717) is 0 Å². The van der Waals surface area contributed by atoms with Gasteiger partial charge in [-0.15, -0.1) is 11.8 Å². The molecular formula is C13H21PS. The molecule has 0 radical (unpaired) electrons. The van der Waals surface area contributed by atoms with Crippen LogP contribution >= 0.6 is 19.7 Å². The van der Waals surface area contributed by atoms with E-state index in [1.165, 1.54) is 16.6 Å². The van der Waals surface area contributed by atoms with Crippen molar-refractivity contribution in [3.05, 3.63) is 23.8 Å². The third kappa shape index (κ3) is 3.23. The topological polar surface area (TPSA) is 0 Å². The molecule has 0 N–H and O–H groups in total. The van der Waals surface area contributed by atoms with Crippen molar-refractivity contribution in [3.8, 4) is 0 Å². The van der Waals surface area contributed by atoms with Gasteiger partial charge in [0.15, 0.2) is 0 Å². The Labute approximate surface area is 99.6 Å². The molecule has 1 unspecified atom stereocenters. The molecule has 0 nitrogen and oxygen atoms in total. The zero-order chi connectivity index (χ0) is 11.4. The van der Waals surface area contributed by atoms with Crippen LogP contribution in [0.1, 0.15) is 26.3 Å². The average Bonchev–Trinajstić information content (AvgIpc) is 2.18. The quantitative estimate of drug-likeness (QED) is 0.560. The zero-order valence-electron chi connectivity index (χ0n) is 10.4. The first-order valence-corrected chi connectivity index (χ1v) is 8.33. The molecule has 0 bridgehead atoms. The number of benzene rings is 1. The van der Waals surface area contributed by atoms with Gasteiger partial charge in [0.05, 0.1) is 0 Å². The lowest BCUT2D eigenvalue weighted by atomic mass is 10.2. The Bertz CT molecular complexity index is 320. The Morgan fingerprint density at radius 2 is 2.00 bits per heavy atom. The molecule has 1 aromatic carbocycles. The zero-order valence-corrected chi connectivity index (χ0v) is 12.1. The summed E-state index contributed by atoms with van der Waals surface area (Å²) < 4.78 is 0. The Kier molecular flexibility index (Phi) is 5.15. The first-order valence-electron chi connectivity index (χ1n) is 5.51. The largest absolute Gasteiger partial charge is 0.129 e. The van der Waals surface area contributed by atoms with Gasteiger partial charge in [0.1, 0.15) is 0 Å². The molecule has 0 aromatic heterocycles. The van der Waals surface area contributed by atoms with Crippen LogP contribution in [0.3, 0.4) is 0 Å². The summed E-state index contributed by atoms with van der Waals surface area (Å²) in [6.07, 6.45) is 3.44. The summed E-state index contributed by atoms with van der Waals surface area (Å²) in [5.74, 6) is 0. The molecule has 1 aromatic rings. The van der Waals surface area contributed by atoms with Crippen molar-refractivity contribution in [2.75, 3.05) is 12.4 Å². The van der Waals surface area contributed by atoms with E-state index in [9.17, 15) is 0 Å². The Morgan fingerprint density at radius 3 is 2.40 bits per heavy atom. The smallest absolute Gasteiger partial charge is 0.00988 e. The van der Waals surface area contributed by atoms with Crippen molar-refractivity contribution in [1.29, 1.82) is 0 Å². The summed E-state index contributed by atoms with van der Waals surface area (Å²) in [7, 11) is 0.0446. The number of hydrogen-bond donors (Lipinski definition) is 0. The van der Waals surface area contributed by atoms with E-state index in [1.54, 1.807) is 5.30 Å². The van der Waals surface area contributed by atoms with Crippen LogP contribution in [0.4, 0.5) is 0 Å². The predicted molar refractivity (Wildman–Crippen MR) is 75.2 cm³/mol. The van der Waals surface area contributed by atoms with Crippen LogP contribution in [-0.2, 0) is 0 Å². The summed E-state index contributed by atoms with van der Waals surface area (Å²) >= 11 is 1.84. The third-order valence-corrected chi connectivity index (χ3v) is 6.44. The van der Waals surface area contributed by atoms with Crippen LogP contribution < -0.4 is 5.30 Å². The molecule has 1 atom stereocenters. The second kappa shape index (κ2) is 5.92. The van der Waals surface area contributed by atoms with Crippen LogP contribution in [0.2, 0.25) is 0 Å². The second-order valence-corrected chi connectivity index (χ2v) is 8.00. The fourth-order valence-electron chi connectivity index (χ4n) is 1.89. The molecule has 0 fully saturated rings. The Balaban J connectivity index is 3.00. The van der Waals surface area contributed by atoms with E-state index < -0.39 is 0 Å². The van der Waals surface area contributed by atoms with Crippen molar-refractivity contribution in [1.82, 2.24) is 0 Å². The molecule has 0 amide bonds. The van der Waals surface area contributed by atoms with Crippen molar-refractivity contribution in [2.24, 2.45) is 0 Å². The van der Waals surface area contributed by atoms with Gasteiger partial charge in [0.2, 0.25) is 0 Å². The van der Waals surface area contributed by atoms with Gasteiger partial charge in [-0.05, 0) is 41.9 Å². The Morgan fingerprint density at radius 1 is 1.33 bits per heavy atom. The minimum atomic E-state index is 0.0446. The molecule has 0 saturated heterocycles. The van der Waals surface area contributed by atoms with Gasteiger partial charge in [-0.2, -0.15) is 0 Å². The minimum absolute atomic E-state index is 0.0446. The molecule has 0 aliphatic heterocycles. The fourth-order valence-corrected chi connectivity index (χ4v) is 4.79. The van der Waals surface area contributed by atoms with Gasteiger partial charge in [-0.1, -0.05) is 40.8 Å². The second-order valence-electron chi connectivity index (χ2n) is 4.03. The SMILES string of the molecule is CCP(c1ccc(SC)c(C)c1)C(C)C. The lowest BCUT2D eigenvalue weighted by Crippen LogP contribution is -2.10. The van der Waals surface area contributed by atoms with Crippen molar-refractivity contribution in [2.45, 2.75) is 38.2 Å². The van der Waals surface area contributed by atoms with Crippen molar-refractivity contribution in [3.63, 3.8) is 0 Å². The van der Waals surface area contributed by atoms with E-state index >= 15 is 0 Å². The minimum Gasteiger partial charge on any atom is -0.129 e. The normalized spacial score (nSPS) is 13.2.